The van der Waals surface area contributed by atoms with E-state index in [-0.39, 0.29) is 17.3 Å². The molecule has 92 valence electrons. The van der Waals surface area contributed by atoms with Crippen LogP contribution >= 0.6 is 0 Å². The molecule has 4 nitrogen and oxygen atoms in total. The van der Waals surface area contributed by atoms with E-state index < -0.39 is 0 Å². The number of aliphatic hydroxyl groups excluding tert-OH is 1. The molecule has 4 heteroatoms. The summed E-state index contributed by atoms with van der Waals surface area (Å²) in [6.45, 7) is 1.38. The Morgan fingerprint density at radius 3 is 2.71 bits per heavy atom. The molecule has 0 aliphatic heterocycles. The van der Waals surface area contributed by atoms with Crippen LogP contribution in [-0.4, -0.2) is 23.1 Å². The van der Waals surface area contributed by atoms with Crippen molar-refractivity contribution in [2.45, 2.75) is 19.8 Å². The smallest absolute Gasteiger partial charge is 0.160 e. The molecule has 2 N–H and O–H groups in total. The van der Waals surface area contributed by atoms with Crippen molar-refractivity contribution in [2.75, 3.05) is 7.11 Å². The van der Waals surface area contributed by atoms with Crippen LogP contribution in [0.2, 0.25) is 0 Å². The van der Waals surface area contributed by atoms with Gasteiger partial charge >= 0.3 is 0 Å². The Morgan fingerprint density at radius 2 is 2.18 bits per heavy atom. The minimum absolute atomic E-state index is 0.0489. The van der Waals surface area contributed by atoms with Crippen LogP contribution in [0.4, 0.5) is 0 Å². The number of ketones is 1. The van der Waals surface area contributed by atoms with Crippen LogP contribution in [-0.2, 0) is 11.2 Å². The maximum Gasteiger partial charge on any atom is 0.160 e. The summed E-state index contributed by atoms with van der Waals surface area (Å²) >= 11 is 0. The lowest BCUT2D eigenvalue weighted by Gasteiger charge is -2.06. The predicted octanol–water partition coefficient (Wildman–Crippen LogP) is 2.36. The van der Waals surface area contributed by atoms with Gasteiger partial charge in [-0.15, -0.1) is 0 Å². The number of carbonyl (C=O) groups excluding carboxylic acids is 1. The van der Waals surface area contributed by atoms with E-state index in [1.54, 1.807) is 18.2 Å². The molecule has 0 atom stereocenters. The van der Waals surface area contributed by atoms with Gasteiger partial charge in [0, 0.05) is 12.5 Å². The average molecular weight is 236 g/mol. The van der Waals surface area contributed by atoms with Gasteiger partial charge in [-0.25, -0.2) is 0 Å². The average Bonchev–Trinajstić information content (AvgIpc) is 2.25. The van der Waals surface area contributed by atoms with Crippen LogP contribution < -0.4 is 4.74 Å². The number of aliphatic hydroxyl groups is 1. The zero-order valence-electron chi connectivity index (χ0n) is 9.93. The highest BCUT2D eigenvalue weighted by Crippen LogP contribution is 2.26. The molecule has 0 radical (unpaired) electrons. The zero-order valence-corrected chi connectivity index (χ0v) is 9.93. The number of phenols is 1. The highest BCUT2D eigenvalue weighted by molar-refractivity contribution is 5.87. The number of rotatable bonds is 5. The SMILES string of the molecule is COc1ccc(CC/C(O)=C/C(C)=O)cc1O. The van der Waals surface area contributed by atoms with E-state index in [1.807, 2.05) is 0 Å². The van der Waals surface area contributed by atoms with Gasteiger partial charge < -0.3 is 14.9 Å². The standard InChI is InChI=1S/C13H16O4/c1-9(14)7-11(15)5-3-10-4-6-13(17-2)12(16)8-10/h4,6-8,15-16H,3,5H2,1-2H3/b11-7-. The van der Waals surface area contributed by atoms with Gasteiger partial charge in [-0.1, -0.05) is 6.07 Å². The van der Waals surface area contributed by atoms with E-state index in [1.165, 1.54) is 20.1 Å². The van der Waals surface area contributed by atoms with Crippen molar-refractivity contribution in [1.82, 2.24) is 0 Å². The van der Waals surface area contributed by atoms with Crippen LogP contribution in [0.5, 0.6) is 11.5 Å². The summed E-state index contributed by atoms with van der Waals surface area (Å²) in [5.41, 5.74) is 0.867. The zero-order chi connectivity index (χ0) is 12.8. The Morgan fingerprint density at radius 1 is 1.47 bits per heavy atom. The summed E-state index contributed by atoms with van der Waals surface area (Å²) in [7, 11) is 1.48. The van der Waals surface area contributed by atoms with Gasteiger partial charge in [0.1, 0.15) is 0 Å². The molecule has 0 saturated heterocycles. The molecule has 0 heterocycles. The second-order valence-electron chi connectivity index (χ2n) is 3.75. The van der Waals surface area contributed by atoms with E-state index in [4.69, 9.17) is 4.74 Å². The normalized spacial score (nSPS) is 11.3. The molecule has 0 aromatic heterocycles. The second-order valence-corrected chi connectivity index (χ2v) is 3.75. The second kappa shape index (κ2) is 5.94. The number of ether oxygens (including phenoxy) is 1. The fourth-order valence-electron chi connectivity index (χ4n) is 1.47. The summed E-state index contributed by atoms with van der Waals surface area (Å²) in [6.07, 6.45) is 2.11. The molecular weight excluding hydrogens is 220 g/mol. The molecule has 0 amide bonds. The number of methoxy groups -OCH3 is 1. The van der Waals surface area contributed by atoms with E-state index in [0.29, 0.717) is 18.6 Å². The molecule has 0 fully saturated rings. The third kappa shape index (κ3) is 4.18. The number of carbonyl (C=O) groups is 1. The lowest BCUT2D eigenvalue weighted by atomic mass is 10.1. The molecule has 0 spiro atoms. The van der Waals surface area contributed by atoms with Gasteiger partial charge in [0.15, 0.2) is 17.3 Å². The molecule has 0 aliphatic rings. The Kier molecular flexibility index (Phi) is 4.57. The molecule has 0 aliphatic carbocycles. The van der Waals surface area contributed by atoms with Gasteiger partial charge in [0.2, 0.25) is 0 Å². The van der Waals surface area contributed by atoms with Crippen molar-refractivity contribution in [3.05, 3.63) is 35.6 Å². The molecular formula is C13H16O4. The Bertz CT molecular complexity index is 435. The van der Waals surface area contributed by atoms with Gasteiger partial charge in [-0.3, -0.25) is 4.79 Å². The molecule has 0 unspecified atom stereocenters. The van der Waals surface area contributed by atoms with Crippen molar-refractivity contribution < 1.29 is 19.7 Å². The van der Waals surface area contributed by atoms with Crippen LogP contribution in [0.3, 0.4) is 0 Å². The van der Waals surface area contributed by atoms with Crippen molar-refractivity contribution in [1.29, 1.82) is 0 Å². The van der Waals surface area contributed by atoms with Crippen LogP contribution in [0.15, 0.2) is 30.0 Å². The first-order chi connectivity index (χ1) is 8.02. The van der Waals surface area contributed by atoms with Gasteiger partial charge in [0.05, 0.1) is 12.9 Å². The summed E-state index contributed by atoms with van der Waals surface area (Å²) in [4.78, 5) is 10.7. The molecule has 0 saturated carbocycles. The fraction of sp³-hybridized carbons (Fsp3) is 0.308. The lowest BCUT2D eigenvalue weighted by molar-refractivity contribution is -0.112. The van der Waals surface area contributed by atoms with Crippen LogP contribution in [0.1, 0.15) is 18.9 Å². The van der Waals surface area contributed by atoms with Crippen molar-refractivity contribution in [3.63, 3.8) is 0 Å². The number of hydrogen-bond acceptors (Lipinski definition) is 4. The topological polar surface area (TPSA) is 66.8 Å². The Hall–Kier alpha value is -1.97. The third-order valence-corrected chi connectivity index (χ3v) is 2.28. The van der Waals surface area contributed by atoms with Crippen molar-refractivity contribution >= 4 is 5.78 Å². The number of hydrogen-bond donors (Lipinski definition) is 2. The highest BCUT2D eigenvalue weighted by atomic mass is 16.5. The molecule has 1 rings (SSSR count). The first kappa shape index (κ1) is 13.1. The predicted molar refractivity (Wildman–Crippen MR) is 64.4 cm³/mol. The Balaban J connectivity index is 2.64. The minimum Gasteiger partial charge on any atom is -0.512 e. The van der Waals surface area contributed by atoms with Gasteiger partial charge in [0.25, 0.3) is 0 Å². The van der Waals surface area contributed by atoms with E-state index in [9.17, 15) is 15.0 Å². The van der Waals surface area contributed by atoms with Crippen molar-refractivity contribution in [3.8, 4) is 11.5 Å². The van der Waals surface area contributed by atoms with Gasteiger partial charge in [-0.2, -0.15) is 0 Å². The molecule has 17 heavy (non-hydrogen) atoms. The maximum atomic E-state index is 10.7. The molecule has 1 aromatic carbocycles. The van der Waals surface area contributed by atoms with E-state index in [0.717, 1.165) is 5.56 Å². The van der Waals surface area contributed by atoms with Gasteiger partial charge in [-0.05, 0) is 31.0 Å². The molecule has 1 aromatic rings. The number of benzene rings is 1. The first-order valence-electron chi connectivity index (χ1n) is 5.29. The fourth-order valence-corrected chi connectivity index (χ4v) is 1.47. The highest BCUT2D eigenvalue weighted by Gasteiger charge is 2.03. The van der Waals surface area contributed by atoms with Crippen LogP contribution in [0, 0.1) is 0 Å². The van der Waals surface area contributed by atoms with E-state index >= 15 is 0 Å². The maximum absolute atomic E-state index is 10.7. The lowest BCUT2D eigenvalue weighted by Crippen LogP contribution is -1.93. The number of phenolic OH excluding ortho intramolecular Hbond substituents is 1. The summed E-state index contributed by atoms with van der Waals surface area (Å²) < 4.78 is 4.92. The minimum atomic E-state index is -0.180. The monoisotopic (exact) mass is 236 g/mol. The largest absolute Gasteiger partial charge is 0.512 e. The number of aromatic hydroxyl groups is 1. The quantitative estimate of drug-likeness (QED) is 0.608. The number of aryl methyl sites for hydroxylation is 1. The summed E-state index contributed by atoms with van der Waals surface area (Å²) in [5.74, 6) is 0.352. The summed E-state index contributed by atoms with van der Waals surface area (Å²) in [5, 5.41) is 18.9. The van der Waals surface area contributed by atoms with Crippen LogP contribution in [0.25, 0.3) is 0 Å². The first-order valence-corrected chi connectivity index (χ1v) is 5.29. The Labute approximate surface area is 100 Å². The summed E-state index contributed by atoms with van der Waals surface area (Å²) in [6, 6.07) is 5.05. The third-order valence-electron chi connectivity index (χ3n) is 2.28. The number of allylic oxidation sites excluding steroid dienone is 2. The van der Waals surface area contributed by atoms with E-state index in [2.05, 4.69) is 0 Å². The molecule has 0 bridgehead atoms. The van der Waals surface area contributed by atoms with Crippen molar-refractivity contribution in [2.24, 2.45) is 0 Å².